The molecule has 16 heavy (non-hydrogen) atoms. The van der Waals surface area contributed by atoms with E-state index >= 15 is 0 Å². The first kappa shape index (κ1) is 11.0. The Kier molecular flexibility index (Phi) is 2.87. The van der Waals surface area contributed by atoms with Crippen LogP contribution in [0.15, 0.2) is 28.4 Å². The van der Waals surface area contributed by atoms with Crippen molar-refractivity contribution in [3.63, 3.8) is 0 Å². The highest BCUT2D eigenvalue weighted by Crippen LogP contribution is 2.31. The number of hydrogen-bond acceptors (Lipinski definition) is 3. The summed E-state index contributed by atoms with van der Waals surface area (Å²) >= 11 is 1.41. The summed E-state index contributed by atoms with van der Waals surface area (Å²) in [6.07, 6.45) is 5.82. The third-order valence-electron chi connectivity index (χ3n) is 2.35. The molecule has 0 bridgehead atoms. The van der Waals surface area contributed by atoms with Gasteiger partial charge in [0.1, 0.15) is 0 Å². The minimum atomic E-state index is 0.00875. The summed E-state index contributed by atoms with van der Waals surface area (Å²) in [5.41, 5.74) is 1.03. The van der Waals surface area contributed by atoms with Crippen molar-refractivity contribution in [2.75, 3.05) is 14.1 Å². The maximum Gasteiger partial charge on any atom is 0.266 e. The number of nitrogens with zero attached hydrogens (tertiary/aromatic N) is 3. The number of amides is 1. The van der Waals surface area contributed by atoms with Gasteiger partial charge in [-0.15, -0.1) is 0 Å². The lowest BCUT2D eigenvalue weighted by molar-refractivity contribution is -0.121. The maximum absolute atomic E-state index is 11.8. The molecule has 1 aliphatic heterocycles. The number of thioether (sulfide) groups is 1. The number of hydrogen-bond donors (Lipinski definition) is 0. The molecule has 1 aliphatic rings. The third-order valence-corrected chi connectivity index (χ3v) is 3.50. The Bertz CT molecular complexity index is 487. The third kappa shape index (κ3) is 1.90. The molecule has 5 heteroatoms. The first-order valence-corrected chi connectivity index (χ1v) is 5.70. The summed E-state index contributed by atoms with van der Waals surface area (Å²) in [5, 5.41) is 0.743. The molecule has 0 unspecified atom stereocenters. The van der Waals surface area contributed by atoms with Crippen LogP contribution in [0.25, 0.3) is 6.08 Å². The fourth-order valence-corrected chi connectivity index (χ4v) is 2.44. The molecule has 1 fully saturated rings. The molecule has 1 saturated heterocycles. The van der Waals surface area contributed by atoms with Gasteiger partial charge >= 0.3 is 0 Å². The Labute approximate surface area is 98.6 Å². The monoisotopic (exact) mass is 235 g/mol. The van der Waals surface area contributed by atoms with Crippen LogP contribution in [-0.2, 0) is 11.8 Å². The topological polar surface area (TPSA) is 37.6 Å². The summed E-state index contributed by atoms with van der Waals surface area (Å²) in [4.78, 5) is 18.2. The highest BCUT2D eigenvalue weighted by Gasteiger charge is 2.29. The molecular formula is C11H13N3OS. The van der Waals surface area contributed by atoms with Crippen LogP contribution in [0.5, 0.6) is 0 Å². The molecule has 0 spiro atoms. The predicted molar refractivity (Wildman–Crippen MR) is 67.1 cm³/mol. The summed E-state index contributed by atoms with van der Waals surface area (Å²) in [5.74, 6) is 0.00875. The zero-order valence-corrected chi connectivity index (χ0v) is 10.3. The van der Waals surface area contributed by atoms with E-state index in [2.05, 4.69) is 4.99 Å². The van der Waals surface area contributed by atoms with Gasteiger partial charge in [0, 0.05) is 33.5 Å². The summed E-state index contributed by atoms with van der Waals surface area (Å²) in [6, 6.07) is 1.97. The van der Waals surface area contributed by atoms with Gasteiger partial charge < -0.3 is 4.57 Å². The molecule has 2 rings (SSSR count). The van der Waals surface area contributed by atoms with Crippen LogP contribution in [0.2, 0.25) is 0 Å². The van der Waals surface area contributed by atoms with Gasteiger partial charge in [-0.2, -0.15) is 0 Å². The van der Waals surface area contributed by atoms with E-state index in [1.165, 1.54) is 11.8 Å². The Hall–Kier alpha value is -1.49. The van der Waals surface area contributed by atoms with Gasteiger partial charge in [-0.3, -0.25) is 14.7 Å². The van der Waals surface area contributed by atoms with Crippen molar-refractivity contribution in [3.05, 3.63) is 28.9 Å². The first-order valence-electron chi connectivity index (χ1n) is 4.88. The van der Waals surface area contributed by atoms with Gasteiger partial charge in [0.15, 0.2) is 5.17 Å². The minimum absolute atomic E-state index is 0.00875. The summed E-state index contributed by atoms with van der Waals surface area (Å²) < 4.78 is 1.95. The van der Waals surface area contributed by atoms with Crippen LogP contribution in [0.4, 0.5) is 0 Å². The standard InChI is InChI=1S/C11H13N3OS/c1-12-11-14(3)10(15)9(16-11)6-8-4-5-13(2)7-8/h4-7H,1-3H3/b9-6+,12-11?. The molecule has 2 heterocycles. The number of aryl methyl sites for hydroxylation is 1. The van der Waals surface area contributed by atoms with Gasteiger partial charge in [0.2, 0.25) is 0 Å². The number of likely N-dealkylation sites (N-methyl/N-ethyl adjacent to an activating group) is 1. The van der Waals surface area contributed by atoms with E-state index in [-0.39, 0.29) is 5.91 Å². The molecule has 1 amide bonds. The summed E-state index contributed by atoms with van der Waals surface area (Å²) in [6.45, 7) is 0. The van der Waals surface area contributed by atoms with E-state index in [0.29, 0.717) is 4.91 Å². The van der Waals surface area contributed by atoms with E-state index in [4.69, 9.17) is 0 Å². The van der Waals surface area contributed by atoms with Crippen molar-refractivity contribution in [1.82, 2.24) is 9.47 Å². The Morgan fingerprint density at radius 3 is 2.69 bits per heavy atom. The lowest BCUT2D eigenvalue weighted by Crippen LogP contribution is -2.23. The van der Waals surface area contributed by atoms with Crippen molar-refractivity contribution >= 4 is 28.9 Å². The molecule has 0 radical (unpaired) electrons. The van der Waals surface area contributed by atoms with Crippen molar-refractivity contribution in [2.24, 2.45) is 12.0 Å². The number of aliphatic imine (C=N–C) groups is 1. The molecule has 1 aromatic heterocycles. The highest BCUT2D eigenvalue weighted by atomic mass is 32.2. The molecule has 0 atom stereocenters. The average Bonchev–Trinajstić information content (AvgIpc) is 2.78. The number of carbonyl (C=O) groups excluding carboxylic acids is 1. The zero-order valence-electron chi connectivity index (χ0n) is 9.47. The van der Waals surface area contributed by atoms with Crippen molar-refractivity contribution in [3.8, 4) is 0 Å². The van der Waals surface area contributed by atoms with Crippen LogP contribution < -0.4 is 0 Å². The first-order chi connectivity index (χ1) is 7.61. The van der Waals surface area contributed by atoms with Crippen LogP contribution >= 0.6 is 11.8 Å². The smallest absolute Gasteiger partial charge is 0.266 e. The molecule has 0 saturated carbocycles. The van der Waals surface area contributed by atoms with E-state index < -0.39 is 0 Å². The van der Waals surface area contributed by atoms with Crippen molar-refractivity contribution < 1.29 is 4.79 Å². The van der Waals surface area contributed by atoms with Crippen molar-refractivity contribution in [2.45, 2.75) is 0 Å². The lowest BCUT2D eigenvalue weighted by atomic mass is 10.3. The predicted octanol–water partition coefficient (Wildman–Crippen LogP) is 1.56. The van der Waals surface area contributed by atoms with E-state index in [0.717, 1.165) is 10.7 Å². The largest absolute Gasteiger partial charge is 0.357 e. The second kappa shape index (κ2) is 4.17. The Morgan fingerprint density at radius 2 is 2.19 bits per heavy atom. The second-order valence-corrected chi connectivity index (χ2v) is 4.60. The summed E-state index contributed by atoms with van der Waals surface area (Å²) in [7, 11) is 5.39. The normalized spacial score (nSPS) is 21.4. The SMILES string of the molecule is CN=C1S/C(=C/c2ccn(C)c2)C(=O)N1C. The van der Waals surface area contributed by atoms with Crippen LogP contribution in [-0.4, -0.2) is 34.6 Å². The van der Waals surface area contributed by atoms with Crippen LogP contribution in [0.1, 0.15) is 5.56 Å². The van der Waals surface area contributed by atoms with Gasteiger partial charge in [-0.1, -0.05) is 0 Å². The fraction of sp³-hybridized carbons (Fsp3) is 0.273. The molecule has 1 aromatic rings. The van der Waals surface area contributed by atoms with E-state index in [1.54, 1.807) is 19.0 Å². The van der Waals surface area contributed by atoms with Crippen LogP contribution in [0.3, 0.4) is 0 Å². The zero-order chi connectivity index (χ0) is 11.7. The number of amidine groups is 1. The molecule has 0 aromatic carbocycles. The fourth-order valence-electron chi connectivity index (χ4n) is 1.51. The molecule has 84 valence electrons. The van der Waals surface area contributed by atoms with E-state index in [1.807, 2.05) is 36.2 Å². The molecule has 0 aliphatic carbocycles. The molecule has 0 N–H and O–H groups in total. The van der Waals surface area contributed by atoms with Gasteiger partial charge in [0.25, 0.3) is 5.91 Å². The van der Waals surface area contributed by atoms with Crippen molar-refractivity contribution in [1.29, 1.82) is 0 Å². The highest BCUT2D eigenvalue weighted by molar-refractivity contribution is 8.18. The average molecular weight is 235 g/mol. The molecular weight excluding hydrogens is 222 g/mol. The lowest BCUT2D eigenvalue weighted by Gasteiger charge is -2.04. The van der Waals surface area contributed by atoms with Gasteiger partial charge in [-0.25, -0.2) is 0 Å². The van der Waals surface area contributed by atoms with Crippen LogP contribution in [0, 0.1) is 0 Å². The number of aromatic nitrogens is 1. The van der Waals surface area contributed by atoms with Gasteiger partial charge in [0.05, 0.1) is 4.91 Å². The molecule has 4 nitrogen and oxygen atoms in total. The minimum Gasteiger partial charge on any atom is -0.357 e. The number of rotatable bonds is 1. The second-order valence-electron chi connectivity index (χ2n) is 3.59. The van der Waals surface area contributed by atoms with Gasteiger partial charge in [-0.05, 0) is 29.5 Å². The Balaban J connectivity index is 2.30. The van der Waals surface area contributed by atoms with E-state index in [9.17, 15) is 4.79 Å². The quantitative estimate of drug-likeness (QED) is 0.693. The Morgan fingerprint density at radius 1 is 1.44 bits per heavy atom. The number of carbonyl (C=O) groups is 1. The maximum atomic E-state index is 11.8.